The summed E-state index contributed by atoms with van der Waals surface area (Å²) in [4.78, 5) is 14.4. The first-order valence-electron chi connectivity index (χ1n) is 3.57. The van der Waals surface area contributed by atoms with Crippen LogP contribution in [0.1, 0.15) is 5.69 Å². The minimum Gasteiger partial charge on any atom is -0.464 e. The third kappa shape index (κ3) is 2.38. The molecule has 0 aliphatic carbocycles. The van der Waals surface area contributed by atoms with Gasteiger partial charge in [-0.05, 0) is 6.54 Å². The maximum Gasteiger partial charge on any atom is 0.428 e. The van der Waals surface area contributed by atoms with Gasteiger partial charge in [0.2, 0.25) is 5.13 Å². The average molecular weight is 202 g/mol. The van der Waals surface area contributed by atoms with Crippen LogP contribution in [0.15, 0.2) is 5.38 Å². The van der Waals surface area contributed by atoms with Crippen molar-refractivity contribution < 1.29 is 9.90 Å². The fraction of sp³-hybridized carbons (Fsp3) is 0.333. The second-order valence-corrected chi connectivity index (χ2v) is 3.15. The van der Waals surface area contributed by atoms with E-state index in [0.29, 0.717) is 18.0 Å². The van der Waals surface area contributed by atoms with E-state index in [0.717, 1.165) is 5.69 Å². The van der Waals surface area contributed by atoms with E-state index in [2.05, 4.69) is 4.98 Å². The van der Waals surface area contributed by atoms with E-state index in [1.807, 2.05) is 0 Å². The van der Waals surface area contributed by atoms with Crippen molar-refractivity contribution in [2.24, 2.45) is 11.6 Å². The summed E-state index contributed by atoms with van der Waals surface area (Å²) < 4.78 is 0. The zero-order chi connectivity index (χ0) is 9.84. The summed E-state index contributed by atoms with van der Waals surface area (Å²) in [5, 5.41) is 11.1. The van der Waals surface area contributed by atoms with Crippen LogP contribution >= 0.6 is 11.3 Å². The molecule has 72 valence electrons. The van der Waals surface area contributed by atoms with Gasteiger partial charge >= 0.3 is 6.09 Å². The van der Waals surface area contributed by atoms with E-state index < -0.39 is 6.09 Å². The lowest BCUT2D eigenvalue weighted by Gasteiger charge is -2.06. The average Bonchev–Trinajstić information content (AvgIpc) is 2.52. The molecule has 0 atom stereocenters. The Hall–Kier alpha value is -1.18. The summed E-state index contributed by atoms with van der Waals surface area (Å²) in [7, 11) is 0. The number of thiazole rings is 1. The van der Waals surface area contributed by atoms with Crippen LogP contribution < -0.4 is 16.6 Å². The van der Waals surface area contributed by atoms with Crippen LogP contribution in [0.5, 0.6) is 0 Å². The molecule has 1 aromatic heterocycles. The largest absolute Gasteiger partial charge is 0.464 e. The highest BCUT2D eigenvalue weighted by atomic mass is 32.1. The van der Waals surface area contributed by atoms with Crippen LogP contribution in [0.3, 0.4) is 0 Å². The highest BCUT2D eigenvalue weighted by Crippen LogP contribution is 2.18. The van der Waals surface area contributed by atoms with E-state index in [9.17, 15) is 4.79 Å². The Morgan fingerprint density at radius 3 is 3.00 bits per heavy atom. The van der Waals surface area contributed by atoms with Gasteiger partial charge in [-0.15, -0.1) is 11.3 Å². The third-order valence-corrected chi connectivity index (χ3v) is 2.24. The maximum atomic E-state index is 10.4. The first-order valence-corrected chi connectivity index (χ1v) is 4.45. The van der Waals surface area contributed by atoms with Crippen molar-refractivity contribution in [2.75, 3.05) is 11.6 Å². The van der Waals surface area contributed by atoms with E-state index in [4.69, 9.17) is 16.7 Å². The number of nitrogens with zero attached hydrogens (tertiary/aromatic N) is 2. The van der Waals surface area contributed by atoms with Crippen molar-refractivity contribution >= 4 is 22.6 Å². The molecule has 1 heterocycles. The normalized spacial score (nSPS) is 10.0. The molecule has 0 bridgehead atoms. The number of aromatic nitrogens is 1. The van der Waals surface area contributed by atoms with Gasteiger partial charge in [-0.1, -0.05) is 0 Å². The predicted molar refractivity (Wildman–Crippen MR) is 49.6 cm³/mol. The maximum absolute atomic E-state index is 10.4. The van der Waals surface area contributed by atoms with Crippen LogP contribution in [-0.4, -0.2) is 22.7 Å². The standard InChI is InChI=1S/C6H10N4O2S/c7-2-1-4-3-13-5(9-4)10(8)6(11)12/h3H,1-2,7-8H2,(H,11,12). The number of anilines is 1. The smallest absolute Gasteiger partial charge is 0.428 e. The van der Waals surface area contributed by atoms with Crippen molar-refractivity contribution in [3.05, 3.63) is 11.1 Å². The molecule has 0 radical (unpaired) electrons. The Morgan fingerprint density at radius 1 is 1.77 bits per heavy atom. The number of hydrogen-bond acceptors (Lipinski definition) is 5. The molecule has 0 saturated heterocycles. The molecule has 5 N–H and O–H groups in total. The van der Waals surface area contributed by atoms with E-state index >= 15 is 0 Å². The molecule has 0 aliphatic heterocycles. The van der Waals surface area contributed by atoms with Gasteiger partial charge < -0.3 is 10.8 Å². The number of amides is 1. The van der Waals surface area contributed by atoms with E-state index in [1.54, 1.807) is 5.38 Å². The molecule has 13 heavy (non-hydrogen) atoms. The summed E-state index contributed by atoms with van der Waals surface area (Å²) in [5.41, 5.74) is 6.07. The fourth-order valence-electron chi connectivity index (χ4n) is 0.751. The Labute approximate surface area is 78.8 Å². The minimum absolute atomic E-state index is 0.260. The number of rotatable bonds is 3. The molecule has 1 aromatic rings. The molecule has 0 fully saturated rings. The van der Waals surface area contributed by atoms with E-state index in [-0.39, 0.29) is 5.13 Å². The van der Waals surface area contributed by atoms with Crippen molar-refractivity contribution in [1.82, 2.24) is 4.98 Å². The summed E-state index contributed by atoms with van der Waals surface area (Å²) in [6.45, 7) is 0.487. The van der Waals surface area contributed by atoms with Crippen LogP contribution in [0, 0.1) is 0 Å². The zero-order valence-electron chi connectivity index (χ0n) is 6.80. The molecule has 7 heteroatoms. The first-order chi connectivity index (χ1) is 6.15. The van der Waals surface area contributed by atoms with Crippen molar-refractivity contribution in [2.45, 2.75) is 6.42 Å². The SMILES string of the molecule is NCCc1csc(N(N)C(=O)O)n1. The first kappa shape index (κ1) is 9.90. The number of hydrazine groups is 1. The lowest BCUT2D eigenvalue weighted by atomic mass is 10.3. The second kappa shape index (κ2) is 4.17. The Morgan fingerprint density at radius 2 is 2.46 bits per heavy atom. The van der Waals surface area contributed by atoms with Gasteiger partial charge in [-0.25, -0.2) is 15.6 Å². The molecule has 0 spiro atoms. The molecule has 0 aliphatic rings. The second-order valence-electron chi connectivity index (χ2n) is 2.31. The van der Waals surface area contributed by atoms with Gasteiger partial charge in [0.15, 0.2) is 0 Å². The fourth-order valence-corrected chi connectivity index (χ4v) is 1.53. The Balaban J connectivity index is 2.73. The highest BCUT2D eigenvalue weighted by Gasteiger charge is 2.13. The van der Waals surface area contributed by atoms with Gasteiger partial charge in [-0.3, -0.25) is 0 Å². The number of carbonyl (C=O) groups is 1. The topological polar surface area (TPSA) is 105 Å². The molecular weight excluding hydrogens is 192 g/mol. The number of carboxylic acid groups (broad SMARTS) is 1. The summed E-state index contributed by atoms with van der Waals surface area (Å²) >= 11 is 1.18. The highest BCUT2D eigenvalue weighted by molar-refractivity contribution is 7.13. The van der Waals surface area contributed by atoms with Gasteiger partial charge in [0.05, 0.1) is 5.69 Å². The number of nitrogens with two attached hydrogens (primary N) is 2. The molecule has 1 amide bonds. The van der Waals surface area contributed by atoms with Crippen molar-refractivity contribution in [3.8, 4) is 0 Å². The quantitative estimate of drug-likeness (QED) is 0.363. The van der Waals surface area contributed by atoms with Gasteiger partial charge in [0.25, 0.3) is 0 Å². The van der Waals surface area contributed by atoms with Crippen LogP contribution in [-0.2, 0) is 6.42 Å². The summed E-state index contributed by atoms with van der Waals surface area (Å²) in [6, 6.07) is 0. The molecular formula is C6H10N4O2S. The van der Waals surface area contributed by atoms with E-state index in [1.165, 1.54) is 11.3 Å². The van der Waals surface area contributed by atoms with Crippen molar-refractivity contribution in [1.29, 1.82) is 0 Å². The lowest BCUT2D eigenvalue weighted by molar-refractivity contribution is 0.202. The predicted octanol–water partition coefficient (Wildman–Crippen LogP) is 0.00240. The number of hydrogen-bond donors (Lipinski definition) is 3. The molecule has 1 rings (SSSR count). The van der Waals surface area contributed by atoms with Gasteiger partial charge in [0, 0.05) is 11.8 Å². The monoisotopic (exact) mass is 202 g/mol. The summed E-state index contributed by atoms with van der Waals surface area (Å²) in [5.74, 6) is 5.20. The van der Waals surface area contributed by atoms with Crippen molar-refractivity contribution in [3.63, 3.8) is 0 Å². The Bertz CT molecular complexity index is 301. The van der Waals surface area contributed by atoms with Gasteiger partial charge in [0.1, 0.15) is 0 Å². The van der Waals surface area contributed by atoms with Crippen LogP contribution in [0.4, 0.5) is 9.93 Å². The molecule has 0 aromatic carbocycles. The van der Waals surface area contributed by atoms with Crippen LogP contribution in [0.2, 0.25) is 0 Å². The summed E-state index contributed by atoms with van der Waals surface area (Å²) in [6.07, 6.45) is -0.599. The third-order valence-electron chi connectivity index (χ3n) is 1.35. The molecule has 0 unspecified atom stereocenters. The minimum atomic E-state index is -1.23. The molecule has 6 nitrogen and oxygen atoms in total. The van der Waals surface area contributed by atoms with Crippen LogP contribution in [0.25, 0.3) is 0 Å². The Kier molecular flexibility index (Phi) is 3.18. The lowest BCUT2D eigenvalue weighted by Crippen LogP contribution is -2.35. The molecule has 0 saturated carbocycles. The zero-order valence-corrected chi connectivity index (χ0v) is 7.62. The van der Waals surface area contributed by atoms with Gasteiger partial charge in [-0.2, -0.15) is 5.01 Å².